The summed E-state index contributed by atoms with van der Waals surface area (Å²) in [7, 11) is -7.97. The average Bonchev–Trinajstić information content (AvgIpc) is 3.16. The van der Waals surface area contributed by atoms with E-state index >= 15 is 0 Å². The number of anilines is 2. The van der Waals surface area contributed by atoms with Crippen LogP contribution in [-0.2, 0) is 63.1 Å². The molecule has 2 atom stereocenters. The van der Waals surface area contributed by atoms with Crippen molar-refractivity contribution in [2.24, 2.45) is 16.2 Å². The summed E-state index contributed by atoms with van der Waals surface area (Å²) in [6.07, 6.45) is 0.154. The van der Waals surface area contributed by atoms with E-state index in [1.807, 2.05) is 0 Å². The Labute approximate surface area is 346 Å². The van der Waals surface area contributed by atoms with Crippen molar-refractivity contribution in [1.82, 2.24) is 15.1 Å². The van der Waals surface area contributed by atoms with Gasteiger partial charge < -0.3 is 25.3 Å². The van der Waals surface area contributed by atoms with Crippen LogP contribution in [0.2, 0.25) is 0 Å². The number of primary sulfonamides is 2. The first-order valence-corrected chi connectivity index (χ1v) is 21.7. The van der Waals surface area contributed by atoms with Crippen LogP contribution in [0.3, 0.4) is 0 Å². The van der Waals surface area contributed by atoms with Gasteiger partial charge in [0.05, 0.1) is 60.7 Å². The molecule has 0 saturated carbocycles. The predicted molar refractivity (Wildman–Crippen MR) is 213 cm³/mol. The Kier molecular flexibility index (Phi) is 18.7. The number of hydrogen-bond donors (Lipinski definition) is 5. The van der Waals surface area contributed by atoms with E-state index in [0.29, 0.717) is 12.7 Å². The van der Waals surface area contributed by atoms with Gasteiger partial charge in [-0.2, -0.15) is 0 Å². The number of piperazine rings is 1. The topological polar surface area (TPSA) is 320 Å². The van der Waals surface area contributed by atoms with Crippen LogP contribution in [0.1, 0.15) is 45.4 Å². The fourth-order valence-electron chi connectivity index (χ4n) is 5.92. The van der Waals surface area contributed by atoms with Gasteiger partial charge in [0.1, 0.15) is 12.1 Å². The summed E-state index contributed by atoms with van der Waals surface area (Å²) in [6.45, 7) is 0.841. The molecule has 0 spiro atoms. The number of ether oxygens (including phenoxy) is 1. The standard InChI is InChI=1S/C37H49N7O14S2/c1-2-25(24-45)18-32(47)31(19-37(52)53)41-33(48)13-17-58-16-3-4-28(46)20-42(21-34(49)40-26-5-9-29(10-6-26)59(38,54)55)14-15-43-22-35(50)44(36(51)23-43)27-7-11-30(12-8-27)60(39,56)57/h5-12,24-25,31H,2-4,13-23H2,1H3,(H,40,49)(H,41,48)(H,52,53)(H2,38,54,55)(H2,39,56,57)/t25-,31+/m1/s1. The average molecular weight is 880 g/mol. The minimum Gasteiger partial charge on any atom is -0.481 e. The zero-order valence-electron chi connectivity index (χ0n) is 32.8. The van der Waals surface area contributed by atoms with Crippen molar-refractivity contribution >= 4 is 78.9 Å². The fraction of sp³-hybridized carbons (Fsp3) is 0.459. The lowest BCUT2D eigenvalue weighted by Crippen LogP contribution is -2.55. The van der Waals surface area contributed by atoms with Crippen LogP contribution in [-0.4, -0.2) is 138 Å². The highest BCUT2D eigenvalue weighted by atomic mass is 32.2. The van der Waals surface area contributed by atoms with Crippen molar-refractivity contribution in [3.8, 4) is 0 Å². The predicted octanol–water partition coefficient (Wildman–Crippen LogP) is -1.00. The fourth-order valence-corrected chi connectivity index (χ4v) is 6.95. The molecule has 0 aliphatic carbocycles. The maximum absolute atomic E-state index is 13.1. The lowest BCUT2D eigenvalue weighted by Gasteiger charge is -2.33. The Morgan fingerprint density at radius 2 is 1.43 bits per heavy atom. The first-order valence-electron chi connectivity index (χ1n) is 18.6. The molecule has 0 aromatic heterocycles. The Bertz CT molecular complexity index is 2100. The highest BCUT2D eigenvalue weighted by molar-refractivity contribution is 7.89. The lowest BCUT2D eigenvalue weighted by atomic mass is 9.96. The van der Waals surface area contributed by atoms with Gasteiger partial charge in [-0.25, -0.2) is 32.0 Å². The van der Waals surface area contributed by atoms with Crippen molar-refractivity contribution in [2.75, 3.05) is 62.7 Å². The summed E-state index contributed by atoms with van der Waals surface area (Å²) < 4.78 is 51.9. The Morgan fingerprint density at radius 1 is 0.850 bits per heavy atom. The summed E-state index contributed by atoms with van der Waals surface area (Å²) in [4.78, 5) is 103. The molecule has 23 heteroatoms. The maximum Gasteiger partial charge on any atom is 0.305 e. The van der Waals surface area contributed by atoms with Crippen LogP contribution < -0.4 is 25.8 Å². The van der Waals surface area contributed by atoms with Crippen LogP contribution in [0, 0.1) is 5.92 Å². The quantitative estimate of drug-likeness (QED) is 0.0430. The van der Waals surface area contributed by atoms with E-state index in [-0.39, 0.29) is 105 Å². The molecule has 21 nitrogen and oxygen atoms in total. The summed E-state index contributed by atoms with van der Waals surface area (Å²) in [5.41, 5.74) is 0.402. The Balaban J connectivity index is 1.55. The normalized spacial score (nSPS) is 14.7. The van der Waals surface area contributed by atoms with Crippen molar-refractivity contribution in [2.45, 2.75) is 61.3 Å². The zero-order valence-corrected chi connectivity index (χ0v) is 34.5. The first-order chi connectivity index (χ1) is 28.2. The number of ketones is 2. The highest BCUT2D eigenvalue weighted by Gasteiger charge is 2.33. The molecule has 0 radical (unpaired) electrons. The molecule has 3 rings (SSSR count). The van der Waals surface area contributed by atoms with Crippen LogP contribution >= 0.6 is 0 Å². The SMILES string of the molecule is CC[C@@H](C=O)CC(=O)[C@H](CC(=O)O)NC(=O)CCOCCCC(=O)CN(CCN1CC(=O)N(c2ccc(S(N)(=O)=O)cc2)C(=O)C1)CC(=O)Nc1ccc(S(N)(=O)=O)cc1. The van der Waals surface area contributed by atoms with E-state index in [9.17, 15) is 55.2 Å². The lowest BCUT2D eigenvalue weighted by molar-refractivity contribution is -0.140. The zero-order chi connectivity index (χ0) is 44.6. The minimum absolute atomic E-state index is 0.00372. The summed E-state index contributed by atoms with van der Waals surface area (Å²) >= 11 is 0. The van der Waals surface area contributed by atoms with Gasteiger partial charge in [-0.3, -0.25) is 43.4 Å². The third-order valence-electron chi connectivity index (χ3n) is 9.11. The van der Waals surface area contributed by atoms with E-state index in [4.69, 9.17) is 20.1 Å². The number of benzene rings is 2. The molecule has 328 valence electrons. The van der Waals surface area contributed by atoms with Crippen molar-refractivity contribution < 1.29 is 65.0 Å². The third-order valence-corrected chi connectivity index (χ3v) is 11.0. The molecule has 2 aromatic carbocycles. The number of carboxylic acids is 1. The van der Waals surface area contributed by atoms with Crippen LogP contribution in [0.4, 0.5) is 11.4 Å². The van der Waals surface area contributed by atoms with Crippen molar-refractivity contribution in [3.05, 3.63) is 48.5 Å². The minimum atomic E-state index is -4.00. The van der Waals surface area contributed by atoms with E-state index in [0.717, 1.165) is 4.90 Å². The van der Waals surface area contributed by atoms with Crippen LogP contribution in [0.15, 0.2) is 58.3 Å². The number of nitrogens with two attached hydrogens (primary N) is 2. The summed E-state index contributed by atoms with van der Waals surface area (Å²) in [6, 6.07) is 8.69. The van der Waals surface area contributed by atoms with Crippen molar-refractivity contribution in [3.63, 3.8) is 0 Å². The molecule has 1 heterocycles. The molecule has 0 bridgehead atoms. The van der Waals surface area contributed by atoms with Gasteiger partial charge in [-0.15, -0.1) is 0 Å². The van der Waals surface area contributed by atoms with E-state index < -0.39 is 73.8 Å². The number of Topliss-reactive ketones (excluding diaryl/α,β-unsaturated/α-hetero) is 2. The van der Waals surface area contributed by atoms with Crippen LogP contribution in [0.25, 0.3) is 0 Å². The largest absolute Gasteiger partial charge is 0.481 e. The highest BCUT2D eigenvalue weighted by Crippen LogP contribution is 2.21. The van der Waals surface area contributed by atoms with E-state index in [1.54, 1.807) is 6.92 Å². The van der Waals surface area contributed by atoms with E-state index in [2.05, 4.69) is 10.6 Å². The van der Waals surface area contributed by atoms with Gasteiger partial charge in [-0.05, 0) is 61.4 Å². The number of nitrogens with zero attached hydrogens (tertiary/aromatic N) is 3. The number of amides is 4. The van der Waals surface area contributed by atoms with Gasteiger partial charge in [0.25, 0.3) is 0 Å². The third kappa shape index (κ3) is 16.4. The van der Waals surface area contributed by atoms with Crippen molar-refractivity contribution in [1.29, 1.82) is 0 Å². The Hall–Kier alpha value is -5.30. The molecule has 7 N–H and O–H groups in total. The molecule has 1 fully saturated rings. The van der Waals surface area contributed by atoms with Gasteiger partial charge in [0, 0.05) is 50.6 Å². The number of nitrogens with one attached hydrogen (secondary N) is 2. The number of imide groups is 1. The monoisotopic (exact) mass is 879 g/mol. The molecule has 4 amide bonds. The molecule has 1 aliphatic rings. The number of rotatable bonds is 26. The van der Waals surface area contributed by atoms with E-state index in [1.165, 1.54) is 58.3 Å². The second-order valence-electron chi connectivity index (χ2n) is 13.9. The van der Waals surface area contributed by atoms with Crippen LogP contribution in [0.5, 0.6) is 0 Å². The molecule has 60 heavy (non-hydrogen) atoms. The number of carbonyl (C=O) groups is 8. The Morgan fingerprint density at radius 3 is 1.97 bits per heavy atom. The molecule has 1 aliphatic heterocycles. The smallest absolute Gasteiger partial charge is 0.305 e. The van der Waals surface area contributed by atoms with Gasteiger partial charge in [0.2, 0.25) is 43.7 Å². The molecular weight excluding hydrogens is 831 g/mol. The maximum atomic E-state index is 13.1. The number of carboxylic acid groups (broad SMARTS) is 1. The summed E-state index contributed by atoms with van der Waals surface area (Å²) in [5, 5.41) is 24.4. The second kappa shape index (κ2) is 22.9. The number of aliphatic carboxylic acids is 1. The number of sulfonamides is 2. The first kappa shape index (κ1) is 49.1. The van der Waals surface area contributed by atoms with Gasteiger partial charge in [0.15, 0.2) is 5.78 Å². The molecule has 0 unspecified atom stereocenters. The number of carbonyl (C=O) groups excluding carboxylic acids is 7. The number of aldehydes is 1. The molecule has 2 aromatic rings. The van der Waals surface area contributed by atoms with Gasteiger partial charge >= 0.3 is 5.97 Å². The van der Waals surface area contributed by atoms with Gasteiger partial charge in [-0.1, -0.05) is 6.92 Å². The molecule has 1 saturated heterocycles. The summed E-state index contributed by atoms with van der Waals surface area (Å²) in [5.74, 6) is -5.15. The number of hydrogen-bond acceptors (Lipinski definition) is 15. The second-order valence-corrected chi connectivity index (χ2v) is 17.0. The molecular formula is C37H49N7O14S2.